The van der Waals surface area contributed by atoms with Crippen molar-refractivity contribution in [3.8, 4) is 5.75 Å². The van der Waals surface area contributed by atoms with Gasteiger partial charge in [-0.15, -0.1) is 0 Å². The molecule has 0 spiro atoms. The highest BCUT2D eigenvalue weighted by atomic mass is 19.4. The molecule has 1 saturated carbocycles. The third-order valence-corrected chi connectivity index (χ3v) is 3.41. The third kappa shape index (κ3) is 3.49. The number of carboxylic acid groups (broad SMARTS) is 1. The summed E-state index contributed by atoms with van der Waals surface area (Å²) >= 11 is 0. The molecule has 1 aromatic carbocycles. The van der Waals surface area contributed by atoms with Gasteiger partial charge in [0.2, 0.25) is 5.91 Å². The Kier molecular flexibility index (Phi) is 4.30. The number of hydrogen-bond donors (Lipinski definition) is 2. The van der Waals surface area contributed by atoms with E-state index in [1.54, 1.807) is 0 Å². The van der Waals surface area contributed by atoms with E-state index in [2.05, 4.69) is 5.32 Å². The van der Waals surface area contributed by atoms with Crippen molar-refractivity contribution in [2.45, 2.75) is 19.0 Å². The fraction of sp³-hybridized carbons (Fsp3) is 0.429. The van der Waals surface area contributed by atoms with Gasteiger partial charge in [0, 0.05) is 0 Å². The lowest BCUT2D eigenvalue weighted by Crippen LogP contribution is -2.38. The summed E-state index contributed by atoms with van der Waals surface area (Å²) in [5.74, 6) is -1.72. The largest absolute Gasteiger partial charge is 0.492 e. The summed E-state index contributed by atoms with van der Waals surface area (Å²) in [6, 6.07) is 4.39. The maximum Gasteiger partial charge on any atom is 0.416 e. The molecule has 22 heavy (non-hydrogen) atoms. The summed E-state index contributed by atoms with van der Waals surface area (Å²) in [7, 11) is 0. The number of carbonyl (C=O) groups excluding carboxylic acids is 1. The molecule has 1 aromatic rings. The summed E-state index contributed by atoms with van der Waals surface area (Å²) in [5.41, 5.74) is -2.16. The van der Waals surface area contributed by atoms with E-state index < -0.39 is 29.0 Å². The van der Waals surface area contributed by atoms with Crippen molar-refractivity contribution in [1.82, 2.24) is 5.32 Å². The highest BCUT2D eigenvalue weighted by molar-refractivity contribution is 6.04. The first kappa shape index (κ1) is 16.1. The van der Waals surface area contributed by atoms with Crippen LogP contribution in [-0.2, 0) is 15.8 Å². The Hall–Kier alpha value is -2.25. The standard InChI is InChI=1S/C14H14F3NO4/c15-14(16,17)9-2-1-3-10(8-9)22-7-6-18-11(19)13(4-5-13)12(20)21/h1-3,8H,4-7H2,(H,18,19)(H,20,21). The zero-order valence-corrected chi connectivity index (χ0v) is 11.4. The lowest BCUT2D eigenvalue weighted by Gasteiger charge is -2.12. The van der Waals surface area contributed by atoms with E-state index in [9.17, 15) is 22.8 Å². The molecule has 0 bridgehead atoms. The molecular weight excluding hydrogens is 303 g/mol. The van der Waals surface area contributed by atoms with Gasteiger partial charge in [-0.25, -0.2) is 0 Å². The molecule has 1 fully saturated rings. The maximum atomic E-state index is 12.5. The fourth-order valence-electron chi connectivity index (χ4n) is 1.93. The van der Waals surface area contributed by atoms with Crippen molar-refractivity contribution in [1.29, 1.82) is 0 Å². The van der Waals surface area contributed by atoms with Crippen molar-refractivity contribution >= 4 is 11.9 Å². The van der Waals surface area contributed by atoms with Crippen LogP contribution in [0.5, 0.6) is 5.75 Å². The van der Waals surface area contributed by atoms with E-state index in [0.717, 1.165) is 12.1 Å². The van der Waals surface area contributed by atoms with Crippen molar-refractivity contribution < 1.29 is 32.6 Å². The van der Waals surface area contributed by atoms with Crippen LogP contribution in [0.1, 0.15) is 18.4 Å². The molecule has 0 radical (unpaired) electrons. The van der Waals surface area contributed by atoms with Crippen molar-refractivity contribution in [2.75, 3.05) is 13.2 Å². The predicted octanol–water partition coefficient (Wildman–Crippen LogP) is 2.07. The molecule has 5 nitrogen and oxygen atoms in total. The molecule has 0 unspecified atom stereocenters. The first-order valence-electron chi connectivity index (χ1n) is 6.57. The van der Waals surface area contributed by atoms with Gasteiger partial charge in [0.15, 0.2) is 0 Å². The Morgan fingerprint density at radius 3 is 2.55 bits per heavy atom. The van der Waals surface area contributed by atoms with Gasteiger partial charge in [0.25, 0.3) is 0 Å². The second kappa shape index (κ2) is 5.86. The SMILES string of the molecule is O=C(O)C1(C(=O)NCCOc2cccc(C(F)(F)F)c2)CC1. The molecule has 0 aromatic heterocycles. The summed E-state index contributed by atoms with van der Waals surface area (Å²) in [4.78, 5) is 22.6. The Balaban J connectivity index is 1.80. The van der Waals surface area contributed by atoms with Crippen LogP contribution in [0.3, 0.4) is 0 Å². The number of ether oxygens (including phenoxy) is 1. The van der Waals surface area contributed by atoms with E-state index >= 15 is 0 Å². The molecule has 1 aliphatic rings. The second-order valence-corrected chi connectivity index (χ2v) is 5.02. The molecule has 0 heterocycles. The number of hydrogen-bond acceptors (Lipinski definition) is 3. The second-order valence-electron chi connectivity index (χ2n) is 5.02. The highest BCUT2D eigenvalue weighted by Crippen LogP contribution is 2.46. The van der Waals surface area contributed by atoms with Gasteiger partial charge in [-0.05, 0) is 31.0 Å². The van der Waals surface area contributed by atoms with Crippen molar-refractivity contribution in [3.05, 3.63) is 29.8 Å². The molecule has 1 amide bonds. The summed E-state index contributed by atoms with van der Waals surface area (Å²) in [5, 5.41) is 11.3. The molecule has 0 atom stereocenters. The lowest BCUT2D eigenvalue weighted by atomic mass is 10.1. The van der Waals surface area contributed by atoms with Crippen LogP contribution in [0.2, 0.25) is 0 Å². The highest BCUT2D eigenvalue weighted by Gasteiger charge is 2.56. The van der Waals surface area contributed by atoms with Crippen LogP contribution in [0.15, 0.2) is 24.3 Å². The Bertz CT molecular complexity index is 582. The first-order valence-corrected chi connectivity index (χ1v) is 6.57. The van der Waals surface area contributed by atoms with Crippen LogP contribution in [0, 0.1) is 5.41 Å². The van der Waals surface area contributed by atoms with Gasteiger partial charge in [-0.2, -0.15) is 13.2 Å². The van der Waals surface area contributed by atoms with E-state index in [-0.39, 0.29) is 18.9 Å². The van der Waals surface area contributed by atoms with Crippen molar-refractivity contribution in [3.63, 3.8) is 0 Å². The summed E-state index contributed by atoms with van der Waals surface area (Å²) < 4.78 is 42.6. The number of halogens is 3. The maximum absolute atomic E-state index is 12.5. The first-order chi connectivity index (χ1) is 10.3. The monoisotopic (exact) mass is 317 g/mol. The summed E-state index contributed by atoms with van der Waals surface area (Å²) in [6.07, 6.45) is -3.86. The van der Waals surface area contributed by atoms with Gasteiger partial charge < -0.3 is 15.2 Å². The van der Waals surface area contributed by atoms with E-state index in [4.69, 9.17) is 9.84 Å². The van der Waals surface area contributed by atoms with Crippen LogP contribution in [0.25, 0.3) is 0 Å². The topological polar surface area (TPSA) is 75.6 Å². The zero-order valence-electron chi connectivity index (χ0n) is 11.4. The average molecular weight is 317 g/mol. The third-order valence-electron chi connectivity index (χ3n) is 3.41. The van der Waals surface area contributed by atoms with Gasteiger partial charge in [-0.3, -0.25) is 9.59 Å². The number of carboxylic acids is 1. The van der Waals surface area contributed by atoms with Crippen molar-refractivity contribution in [2.24, 2.45) is 5.41 Å². The number of carbonyl (C=O) groups is 2. The van der Waals surface area contributed by atoms with E-state index in [0.29, 0.717) is 12.8 Å². The minimum absolute atomic E-state index is 0.0180. The average Bonchev–Trinajstić information content (AvgIpc) is 3.24. The van der Waals surface area contributed by atoms with E-state index in [1.165, 1.54) is 12.1 Å². The number of aliphatic carboxylic acids is 1. The van der Waals surface area contributed by atoms with Gasteiger partial charge in [-0.1, -0.05) is 6.07 Å². The predicted molar refractivity (Wildman–Crippen MR) is 69.3 cm³/mol. The summed E-state index contributed by atoms with van der Waals surface area (Å²) in [6.45, 7) is -0.0349. The van der Waals surface area contributed by atoms with Crippen LogP contribution >= 0.6 is 0 Å². The molecule has 2 N–H and O–H groups in total. The zero-order chi connectivity index (χ0) is 16.4. The molecular formula is C14H14F3NO4. The molecule has 0 aliphatic heterocycles. The molecule has 8 heteroatoms. The molecule has 2 rings (SSSR count). The van der Waals surface area contributed by atoms with Gasteiger partial charge in [0.1, 0.15) is 17.8 Å². The number of amides is 1. The Labute approximate surface area is 124 Å². The van der Waals surface area contributed by atoms with Crippen LogP contribution in [0.4, 0.5) is 13.2 Å². The fourth-order valence-corrected chi connectivity index (χ4v) is 1.93. The quantitative estimate of drug-likeness (QED) is 0.622. The normalized spacial score (nSPS) is 16.0. The van der Waals surface area contributed by atoms with Gasteiger partial charge >= 0.3 is 12.1 Å². The van der Waals surface area contributed by atoms with E-state index in [1.807, 2.05) is 0 Å². The van der Waals surface area contributed by atoms with Crippen LogP contribution in [-0.4, -0.2) is 30.1 Å². The van der Waals surface area contributed by atoms with Crippen LogP contribution < -0.4 is 10.1 Å². The molecule has 1 aliphatic carbocycles. The number of benzene rings is 1. The molecule has 120 valence electrons. The molecule has 0 saturated heterocycles. The lowest BCUT2D eigenvalue weighted by molar-refractivity contribution is -0.149. The minimum Gasteiger partial charge on any atom is -0.492 e. The minimum atomic E-state index is -4.45. The smallest absolute Gasteiger partial charge is 0.416 e. The number of rotatable bonds is 6. The Morgan fingerprint density at radius 2 is 2.00 bits per heavy atom. The number of alkyl halides is 3. The van der Waals surface area contributed by atoms with Gasteiger partial charge in [0.05, 0.1) is 12.1 Å². The Morgan fingerprint density at radius 1 is 1.32 bits per heavy atom. The number of nitrogens with one attached hydrogen (secondary N) is 1.